The first kappa shape index (κ1) is 18.4. The fourth-order valence-corrected chi connectivity index (χ4v) is 4.41. The van der Waals surface area contributed by atoms with Crippen molar-refractivity contribution in [1.29, 1.82) is 0 Å². The third-order valence-corrected chi connectivity index (χ3v) is 5.63. The van der Waals surface area contributed by atoms with Crippen molar-refractivity contribution in [2.24, 2.45) is 0 Å². The Balaban J connectivity index is 0.000000383. The number of nitrogens with zero attached hydrogens (tertiary/aromatic N) is 1. The summed E-state index contributed by atoms with van der Waals surface area (Å²) >= 11 is 18.0. The second-order valence-electron chi connectivity index (χ2n) is 6.31. The largest absolute Gasteiger partial charge is 0.355 e. The number of halogens is 4. The Labute approximate surface area is 164 Å². The van der Waals surface area contributed by atoms with Crippen LogP contribution in [0, 0.1) is 0 Å². The molecule has 2 aliphatic rings. The summed E-state index contributed by atoms with van der Waals surface area (Å²) in [5.41, 5.74) is 3.66. The number of carbonyl (C=O) groups excluding carboxylic acids is 1. The average molecular weight is 453 g/mol. The predicted octanol–water partition coefficient (Wildman–Crippen LogP) is 5.70. The Bertz CT molecular complexity index is 774. The molecule has 1 aromatic heterocycles. The van der Waals surface area contributed by atoms with Crippen LogP contribution in [-0.2, 0) is 16.8 Å². The molecule has 2 aromatic rings. The molecular formula is C17H18BrCl3N2O. The number of aromatic amines is 1. The summed E-state index contributed by atoms with van der Waals surface area (Å²) in [6.45, 7) is 3.06. The van der Waals surface area contributed by atoms with E-state index in [0.717, 1.165) is 30.3 Å². The highest BCUT2D eigenvalue weighted by Crippen LogP contribution is 2.45. The molecule has 7 heteroatoms. The van der Waals surface area contributed by atoms with E-state index in [-0.39, 0.29) is 5.54 Å². The van der Waals surface area contributed by atoms with Crippen molar-refractivity contribution in [3.05, 3.63) is 33.9 Å². The van der Waals surface area contributed by atoms with Crippen LogP contribution in [0.2, 0.25) is 0 Å². The summed E-state index contributed by atoms with van der Waals surface area (Å²) in [7, 11) is 0. The molecule has 0 bridgehead atoms. The average Bonchev–Trinajstić information content (AvgIpc) is 2.88. The number of rotatable bonds is 0. The number of piperidine rings is 1. The molecule has 0 radical (unpaired) electrons. The molecule has 0 unspecified atom stereocenters. The molecule has 2 aliphatic heterocycles. The Morgan fingerprint density at radius 2 is 2.00 bits per heavy atom. The summed E-state index contributed by atoms with van der Waals surface area (Å²) in [6, 6.07) is 6.33. The first-order valence-electron chi connectivity index (χ1n) is 7.87. The third kappa shape index (κ3) is 3.18. The Hall–Kier alpha value is -0.420. The molecular weight excluding hydrogens is 434 g/mol. The Morgan fingerprint density at radius 3 is 2.71 bits per heavy atom. The van der Waals surface area contributed by atoms with Crippen LogP contribution >= 0.6 is 50.7 Å². The molecule has 1 N–H and O–H groups in total. The van der Waals surface area contributed by atoms with E-state index in [1.165, 1.54) is 22.2 Å². The van der Waals surface area contributed by atoms with E-state index >= 15 is 0 Å². The third-order valence-electron chi connectivity index (χ3n) is 4.97. The number of alkyl halides is 3. The van der Waals surface area contributed by atoms with E-state index in [9.17, 15) is 4.79 Å². The molecule has 4 rings (SSSR count). The van der Waals surface area contributed by atoms with Gasteiger partial charge in [0.05, 0.1) is 11.1 Å². The van der Waals surface area contributed by atoms with Gasteiger partial charge in [-0.2, -0.15) is 0 Å². The van der Waals surface area contributed by atoms with E-state index < -0.39 is 4.30 Å². The van der Waals surface area contributed by atoms with Gasteiger partial charge in [0.2, 0.25) is 5.91 Å². The summed E-state index contributed by atoms with van der Waals surface area (Å²) in [5.74, 6) is 0.308. The summed E-state index contributed by atoms with van der Waals surface area (Å²) in [5, 5.41) is 1.30. The highest BCUT2D eigenvalue weighted by molar-refractivity contribution is 9.10. The predicted molar refractivity (Wildman–Crippen MR) is 104 cm³/mol. The number of fused-ring (bicyclic) bond motifs is 5. The lowest BCUT2D eigenvalue weighted by atomic mass is 9.79. The van der Waals surface area contributed by atoms with Gasteiger partial charge in [0.15, 0.2) is 4.30 Å². The van der Waals surface area contributed by atoms with Crippen LogP contribution < -0.4 is 0 Å². The number of benzene rings is 1. The fraction of sp³-hybridized carbons (Fsp3) is 0.471. The van der Waals surface area contributed by atoms with Crippen molar-refractivity contribution in [2.75, 3.05) is 6.54 Å². The molecule has 130 valence electrons. The molecule has 1 saturated heterocycles. The smallest absolute Gasteiger partial charge is 0.223 e. The number of aromatic nitrogens is 1. The maximum absolute atomic E-state index is 12.2. The summed E-state index contributed by atoms with van der Waals surface area (Å²) in [6.07, 6.45) is 3.69. The zero-order valence-electron chi connectivity index (χ0n) is 13.2. The fourth-order valence-electron chi connectivity index (χ4n) is 3.94. The SMILES string of the molecule is C[C@]12CCCC(=O)N1CCc1c2[nH]c2c(Br)cccc12.ClC(Cl)Cl. The minimum atomic E-state index is -0.750. The van der Waals surface area contributed by atoms with Crippen LogP contribution in [0.3, 0.4) is 0 Å². The molecule has 3 nitrogen and oxygen atoms in total. The number of hydrogen-bond acceptors (Lipinski definition) is 1. The molecule has 0 spiro atoms. The van der Waals surface area contributed by atoms with Crippen LogP contribution in [0.1, 0.15) is 37.4 Å². The Kier molecular flexibility index (Phi) is 5.41. The van der Waals surface area contributed by atoms with Crippen LogP contribution in [0.25, 0.3) is 10.9 Å². The van der Waals surface area contributed by atoms with Crippen LogP contribution in [0.5, 0.6) is 0 Å². The van der Waals surface area contributed by atoms with Crippen molar-refractivity contribution >= 4 is 67.5 Å². The minimum absolute atomic E-state index is 0.151. The molecule has 1 atom stereocenters. The van der Waals surface area contributed by atoms with Gasteiger partial charge in [-0.25, -0.2) is 0 Å². The zero-order valence-corrected chi connectivity index (χ0v) is 17.1. The molecule has 1 fully saturated rings. The van der Waals surface area contributed by atoms with Gasteiger partial charge in [-0.05, 0) is 53.7 Å². The van der Waals surface area contributed by atoms with Crippen molar-refractivity contribution in [3.8, 4) is 0 Å². The number of hydrogen-bond donors (Lipinski definition) is 1. The lowest BCUT2D eigenvalue weighted by Crippen LogP contribution is -2.54. The first-order valence-corrected chi connectivity index (χ1v) is 9.97. The number of para-hydroxylation sites is 1. The van der Waals surface area contributed by atoms with Gasteiger partial charge >= 0.3 is 0 Å². The van der Waals surface area contributed by atoms with Gasteiger partial charge in [0, 0.05) is 28.5 Å². The van der Waals surface area contributed by atoms with Gasteiger partial charge in [-0.1, -0.05) is 46.9 Å². The summed E-state index contributed by atoms with van der Waals surface area (Å²) in [4.78, 5) is 17.9. The highest BCUT2D eigenvalue weighted by atomic mass is 79.9. The van der Waals surface area contributed by atoms with E-state index in [1.807, 2.05) is 0 Å². The highest BCUT2D eigenvalue weighted by Gasteiger charge is 2.45. The zero-order chi connectivity index (χ0) is 17.5. The van der Waals surface area contributed by atoms with Gasteiger partial charge < -0.3 is 9.88 Å². The van der Waals surface area contributed by atoms with Crippen LogP contribution in [0.4, 0.5) is 0 Å². The van der Waals surface area contributed by atoms with E-state index in [1.54, 1.807) is 0 Å². The van der Waals surface area contributed by atoms with Crippen molar-refractivity contribution in [1.82, 2.24) is 9.88 Å². The number of nitrogens with one attached hydrogen (secondary N) is 1. The Morgan fingerprint density at radius 1 is 1.29 bits per heavy atom. The molecule has 1 amide bonds. The van der Waals surface area contributed by atoms with Gasteiger partial charge in [0.1, 0.15) is 0 Å². The lowest BCUT2D eigenvalue weighted by Gasteiger charge is -2.47. The molecule has 0 saturated carbocycles. The van der Waals surface area contributed by atoms with E-state index in [4.69, 9.17) is 34.8 Å². The van der Waals surface area contributed by atoms with Crippen LogP contribution in [0.15, 0.2) is 22.7 Å². The normalized spacial score (nSPS) is 22.9. The monoisotopic (exact) mass is 450 g/mol. The first-order chi connectivity index (χ1) is 11.3. The van der Waals surface area contributed by atoms with Crippen molar-refractivity contribution in [2.45, 2.75) is 42.4 Å². The van der Waals surface area contributed by atoms with Gasteiger partial charge in [-0.3, -0.25) is 4.79 Å². The topological polar surface area (TPSA) is 36.1 Å². The van der Waals surface area contributed by atoms with E-state index in [2.05, 4.69) is 50.9 Å². The second-order valence-corrected chi connectivity index (χ2v) is 9.14. The van der Waals surface area contributed by atoms with Crippen molar-refractivity contribution in [3.63, 3.8) is 0 Å². The van der Waals surface area contributed by atoms with E-state index in [0.29, 0.717) is 12.3 Å². The second kappa shape index (κ2) is 7.06. The number of H-pyrrole nitrogens is 1. The van der Waals surface area contributed by atoms with Crippen LogP contribution in [-0.4, -0.2) is 26.6 Å². The number of amides is 1. The molecule has 1 aromatic carbocycles. The lowest BCUT2D eigenvalue weighted by molar-refractivity contribution is -0.142. The maximum atomic E-state index is 12.2. The number of carbonyl (C=O) groups is 1. The quantitative estimate of drug-likeness (QED) is 0.512. The molecule has 0 aliphatic carbocycles. The standard InChI is InChI=1S/C16H17BrN2O.CHCl3/c1-16-8-3-6-13(20)19(16)9-7-11-10-4-2-5-12(17)14(10)18-15(11)16;2-1(3)4/h2,4-5,18H,3,6-9H2,1H3;1H/t16-;/m1./s1. The van der Waals surface area contributed by atoms with Gasteiger partial charge in [0.25, 0.3) is 0 Å². The van der Waals surface area contributed by atoms with Crippen molar-refractivity contribution < 1.29 is 4.79 Å². The molecule has 3 heterocycles. The maximum Gasteiger partial charge on any atom is 0.223 e. The summed E-state index contributed by atoms with van der Waals surface area (Å²) < 4.78 is 0.349. The minimum Gasteiger partial charge on any atom is -0.355 e. The van der Waals surface area contributed by atoms with Gasteiger partial charge in [-0.15, -0.1) is 0 Å². The molecule has 24 heavy (non-hydrogen) atoms.